The zero-order valence-electron chi connectivity index (χ0n) is 11.7. The first kappa shape index (κ1) is 15.5. The fourth-order valence-corrected chi connectivity index (χ4v) is 2.03. The van der Waals surface area contributed by atoms with Crippen molar-refractivity contribution in [3.63, 3.8) is 0 Å². The Labute approximate surface area is 115 Å². The molecule has 4 nitrogen and oxygen atoms in total. The fraction of sp³-hybridized carbons (Fsp3) is 0.467. The second-order valence-electron chi connectivity index (χ2n) is 4.19. The summed E-state index contributed by atoms with van der Waals surface area (Å²) in [5.74, 6) is 1.46. The Balaban J connectivity index is 2.96. The van der Waals surface area contributed by atoms with Crippen LogP contribution in [0.3, 0.4) is 0 Å². The summed E-state index contributed by atoms with van der Waals surface area (Å²) in [5, 5.41) is 12.3. The number of para-hydroxylation sites is 1. The summed E-state index contributed by atoms with van der Waals surface area (Å²) in [6.45, 7) is 4.72. The minimum Gasteiger partial charge on any atom is -0.493 e. The van der Waals surface area contributed by atoms with E-state index in [0.717, 1.165) is 36.4 Å². The van der Waals surface area contributed by atoms with Crippen LogP contribution in [-0.2, 0) is 0 Å². The molecule has 0 unspecified atom stereocenters. The normalized spacial score (nSPS) is 11.9. The highest BCUT2D eigenvalue weighted by atomic mass is 16.5. The third kappa shape index (κ3) is 4.26. The van der Waals surface area contributed by atoms with E-state index >= 15 is 0 Å². The van der Waals surface area contributed by atoms with E-state index in [9.17, 15) is 0 Å². The van der Waals surface area contributed by atoms with Crippen LogP contribution in [-0.4, -0.2) is 32.5 Å². The maximum atomic E-state index is 8.86. The molecule has 0 aromatic heterocycles. The first-order valence-corrected chi connectivity index (χ1v) is 6.44. The molecule has 0 radical (unpaired) electrons. The lowest BCUT2D eigenvalue weighted by molar-refractivity contribution is 0.282. The van der Waals surface area contributed by atoms with Gasteiger partial charge in [-0.25, -0.2) is 0 Å². The number of benzene rings is 1. The highest BCUT2D eigenvalue weighted by Crippen LogP contribution is 2.35. The number of nitrogens with one attached hydrogen (secondary N) is 1. The van der Waals surface area contributed by atoms with Gasteiger partial charge >= 0.3 is 0 Å². The lowest BCUT2D eigenvalue weighted by atomic mass is 10.0. The van der Waals surface area contributed by atoms with Crippen molar-refractivity contribution >= 4 is 0 Å². The Kier molecular flexibility index (Phi) is 7.00. The summed E-state index contributed by atoms with van der Waals surface area (Å²) < 4.78 is 10.8. The van der Waals surface area contributed by atoms with Crippen LogP contribution in [0.15, 0.2) is 30.9 Å². The SMILES string of the molecule is C=CC[C@@H](NCCCO)c1cccc(OC)c1OC. The molecular weight excluding hydrogens is 242 g/mol. The van der Waals surface area contributed by atoms with Gasteiger partial charge in [-0.1, -0.05) is 18.2 Å². The van der Waals surface area contributed by atoms with Crippen LogP contribution in [0.2, 0.25) is 0 Å². The van der Waals surface area contributed by atoms with Crippen LogP contribution in [0, 0.1) is 0 Å². The van der Waals surface area contributed by atoms with Crippen molar-refractivity contribution in [2.75, 3.05) is 27.4 Å². The topological polar surface area (TPSA) is 50.7 Å². The molecule has 0 heterocycles. The molecule has 2 N–H and O–H groups in total. The van der Waals surface area contributed by atoms with Crippen LogP contribution in [0.1, 0.15) is 24.4 Å². The number of aliphatic hydroxyl groups is 1. The number of hydrogen-bond acceptors (Lipinski definition) is 4. The lowest BCUT2D eigenvalue weighted by Crippen LogP contribution is -2.23. The Hall–Kier alpha value is -1.52. The zero-order chi connectivity index (χ0) is 14.1. The van der Waals surface area contributed by atoms with Crippen molar-refractivity contribution in [3.05, 3.63) is 36.4 Å². The van der Waals surface area contributed by atoms with Gasteiger partial charge in [-0.3, -0.25) is 0 Å². The van der Waals surface area contributed by atoms with Gasteiger partial charge in [0.1, 0.15) is 0 Å². The maximum absolute atomic E-state index is 8.86. The summed E-state index contributed by atoms with van der Waals surface area (Å²) >= 11 is 0. The molecule has 1 aromatic carbocycles. The molecule has 0 saturated heterocycles. The van der Waals surface area contributed by atoms with Gasteiger partial charge in [-0.15, -0.1) is 6.58 Å². The largest absolute Gasteiger partial charge is 0.493 e. The quantitative estimate of drug-likeness (QED) is 0.531. The molecule has 106 valence electrons. The van der Waals surface area contributed by atoms with E-state index in [1.54, 1.807) is 14.2 Å². The van der Waals surface area contributed by atoms with Gasteiger partial charge in [0.25, 0.3) is 0 Å². The standard InChI is InChI=1S/C15H23NO3/c1-4-7-13(16-10-6-11-17)12-8-5-9-14(18-2)15(12)19-3/h4-5,8-9,13,16-17H,1,6-7,10-11H2,2-3H3/t13-/m1/s1. The van der Waals surface area contributed by atoms with E-state index in [-0.39, 0.29) is 12.6 Å². The zero-order valence-corrected chi connectivity index (χ0v) is 11.7. The average Bonchev–Trinajstić information content (AvgIpc) is 2.45. The molecule has 0 saturated carbocycles. The molecule has 0 amide bonds. The van der Waals surface area contributed by atoms with Crippen LogP contribution >= 0.6 is 0 Å². The molecule has 0 spiro atoms. The van der Waals surface area contributed by atoms with Crippen molar-refractivity contribution in [3.8, 4) is 11.5 Å². The average molecular weight is 265 g/mol. The van der Waals surface area contributed by atoms with E-state index in [0.29, 0.717) is 0 Å². The van der Waals surface area contributed by atoms with Crippen LogP contribution in [0.5, 0.6) is 11.5 Å². The predicted molar refractivity (Wildman–Crippen MR) is 76.8 cm³/mol. The highest BCUT2D eigenvalue weighted by molar-refractivity contribution is 5.48. The second-order valence-corrected chi connectivity index (χ2v) is 4.19. The number of hydrogen-bond donors (Lipinski definition) is 2. The number of ether oxygens (including phenoxy) is 2. The molecular formula is C15H23NO3. The Morgan fingerprint density at radius 3 is 2.74 bits per heavy atom. The minimum atomic E-state index is 0.106. The van der Waals surface area contributed by atoms with Crippen molar-refractivity contribution in [1.82, 2.24) is 5.32 Å². The van der Waals surface area contributed by atoms with Crippen molar-refractivity contribution < 1.29 is 14.6 Å². The number of methoxy groups -OCH3 is 2. The van der Waals surface area contributed by atoms with Crippen molar-refractivity contribution in [2.24, 2.45) is 0 Å². The molecule has 1 aromatic rings. The van der Waals surface area contributed by atoms with E-state index in [1.165, 1.54) is 0 Å². The van der Waals surface area contributed by atoms with Gasteiger partial charge in [0.2, 0.25) is 0 Å². The molecule has 0 aliphatic rings. The van der Waals surface area contributed by atoms with Gasteiger partial charge in [0.15, 0.2) is 11.5 Å². The van der Waals surface area contributed by atoms with Crippen molar-refractivity contribution in [2.45, 2.75) is 18.9 Å². The van der Waals surface area contributed by atoms with E-state index < -0.39 is 0 Å². The van der Waals surface area contributed by atoms with Crippen LogP contribution in [0.25, 0.3) is 0 Å². The molecule has 0 bridgehead atoms. The third-order valence-corrected chi connectivity index (χ3v) is 2.94. The summed E-state index contributed by atoms with van der Waals surface area (Å²) in [6, 6.07) is 5.94. The molecule has 0 aliphatic heterocycles. The molecule has 0 fully saturated rings. The van der Waals surface area contributed by atoms with Crippen LogP contribution in [0.4, 0.5) is 0 Å². The monoisotopic (exact) mass is 265 g/mol. The molecule has 1 rings (SSSR count). The lowest BCUT2D eigenvalue weighted by Gasteiger charge is -2.21. The fourth-order valence-electron chi connectivity index (χ4n) is 2.03. The predicted octanol–water partition coefficient (Wildman–Crippen LogP) is 2.29. The minimum absolute atomic E-state index is 0.106. The molecule has 4 heteroatoms. The Morgan fingerprint density at radius 2 is 2.16 bits per heavy atom. The van der Waals surface area contributed by atoms with Gasteiger partial charge in [-0.2, -0.15) is 0 Å². The maximum Gasteiger partial charge on any atom is 0.165 e. The Morgan fingerprint density at radius 1 is 1.37 bits per heavy atom. The summed E-state index contributed by atoms with van der Waals surface area (Å²) in [6.07, 6.45) is 3.38. The van der Waals surface area contributed by atoms with Gasteiger partial charge in [0, 0.05) is 18.2 Å². The van der Waals surface area contributed by atoms with E-state index in [1.807, 2.05) is 24.3 Å². The van der Waals surface area contributed by atoms with Gasteiger partial charge in [0.05, 0.1) is 14.2 Å². The second kappa shape index (κ2) is 8.56. The smallest absolute Gasteiger partial charge is 0.165 e. The van der Waals surface area contributed by atoms with Gasteiger partial charge < -0.3 is 19.9 Å². The first-order chi connectivity index (χ1) is 9.28. The molecule has 19 heavy (non-hydrogen) atoms. The highest BCUT2D eigenvalue weighted by Gasteiger charge is 2.17. The molecule has 0 aliphatic carbocycles. The molecule has 1 atom stereocenters. The van der Waals surface area contributed by atoms with Crippen molar-refractivity contribution in [1.29, 1.82) is 0 Å². The summed E-state index contributed by atoms with van der Waals surface area (Å²) in [5.41, 5.74) is 1.04. The van der Waals surface area contributed by atoms with Gasteiger partial charge in [-0.05, 0) is 25.5 Å². The number of rotatable bonds is 9. The number of aliphatic hydroxyl groups excluding tert-OH is 1. The summed E-state index contributed by atoms with van der Waals surface area (Å²) in [4.78, 5) is 0. The first-order valence-electron chi connectivity index (χ1n) is 6.44. The summed E-state index contributed by atoms with van der Waals surface area (Å²) in [7, 11) is 3.27. The Bertz CT molecular complexity index is 393. The third-order valence-electron chi connectivity index (χ3n) is 2.94. The van der Waals surface area contributed by atoms with Crippen LogP contribution < -0.4 is 14.8 Å². The van der Waals surface area contributed by atoms with E-state index in [4.69, 9.17) is 14.6 Å². The van der Waals surface area contributed by atoms with E-state index in [2.05, 4.69) is 11.9 Å².